The van der Waals surface area contributed by atoms with Crippen molar-refractivity contribution in [2.75, 3.05) is 19.6 Å². The minimum absolute atomic E-state index is 0.00638. The van der Waals surface area contributed by atoms with Crippen molar-refractivity contribution in [2.24, 2.45) is 10.4 Å². The lowest BCUT2D eigenvalue weighted by Crippen LogP contribution is -2.66. The number of carbonyl (C=O) groups is 1. The smallest absolute Gasteiger partial charge is 0.320 e. The van der Waals surface area contributed by atoms with E-state index in [4.69, 9.17) is 4.99 Å². The second-order valence-electron chi connectivity index (χ2n) is 11.2. The first-order chi connectivity index (χ1) is 15.9. The van der Waals surface area contributed by atoms with Crippen molar-refractivity contribution in [2.45, 2.75) is 70.8 Å². The summed E-state index contributed by atoms with van der Waals surface area (Å²) in [7, 11) is 0. The van der Waals surface area contributed by atoms with Crippen LogP contribution in [0.5, 0.6) is 0 Å². The topological polar surface area (TPSA) is 48.8 Å². The Morgan fingerprint density at radius 1 is 1.06 bits per heavy atom. The zero-order valence-electron chi connectivity index (χ0n) is 20.1. The van der Waals surface area contributed by atoms with E-state index >= 15 is 0 Å². The molecule has 172 valence electrons. The van der Waals surface area contributed by atoms with Gasteiger partial charge in [0.25, 0.3) is 0 Å². The molecule has 6 rings (SSSR count). The molecule has 0 spiro atoms. The number of nitrogens with zero attached hydrogens (tertiary/aromatic N) is 4. The Morgan fingerprint density at radius 2 is 1.88 bits per heavy atom. The summed E-state index contributed by atoms with van der Waals surface area (Å²) >= 11 is 0. The number of piperidine rings is 2. The summed E-state index contributed by atoms with van der Waals surface area (Å²) in [5, 5.41) is 0. The number of carbonyl (C=O) groups excluding carboxylic acids is 1. The Bertz CT molecular complexity index is 1130. The van der Waals surface area contributed by atoms with Crippen LogP contribution < -0.4 is 0 Å². The van der Waals surface area contributed by atoms with Crippen LogP contribution in [0.3, 0.4) is 0 Å². The van der Waals surface area contributed by atoms with Crippen LogP contribution >= 0.6 is 0 Å². The third-order valence-electron chi connectivity index (χ3n) is 9.28. The van der Waals surface area contributed by atoms with E-state index in [2.05, 4.69) is 53.8 Å². The largest absolute Gasteiger partial charge is 0.325 e. The molecular formula is C28H34N4O. The van der Waals surface area contributed by atoms with E-state index in [1.165, 1.54) is 23.1 Å². The van der Waals surface area contributed by atoms with Gasteiger partial charge in [0.05, 0.1) is 11.4 Å². The molecule has 4 aliphatic rings. The van der Waals surface area contributed by atoms with Gasteiger partial charge in [-0.25, -0.2) is 4.79 Å². The van der Waals surface area contributed by atoms with Crippen LogP contribution in [0, 0.1) is 5.41 Å². The summed E-state index contributed by atoms with van der Waals surface area (Å²) in [6, 6.07) is 9.34. The van der Waals surface area contributed by atoms with Gasteiger partial charge in [0, 0.05) is 55.5 Å². The molecule has 2 bridgehead atoms. The Balaban J connectivity index is 1.36. The number of aliphatic imine (C=N–C) groups is 1. The molecule has 5 nitrogen and oxygen atoms in total. The zero-order chi connectivity index (χ0) is 22.8. The van der Waals surface area contributed by atoms with Gasteiger partial charge < -0.3 is 9.80 Å². The molecule has 3 aliphatic heterocycles. The van der Waals surface area contributed by atoms with Crippen molar-refractivity contribution < 1.29 is 4.79 Å². The molecule has 33 heavy (non-hydrogen) atoms. The highest BCUT2D eigenvalue weighted by molar-refractivity contribution is 6.06. The summed E-state index contributed by atoms with van der Waals surface area (Å²) in [4.78, 5) is 27.2. The molecule has 0 radical (unpaired) electrons. The molecule has 1 aliphatic carbocycles. The van der Waals surface area contributed by atoms with Gasteiger partial charge in [-0.15, -0.1) is 0 Å². The van der Waals surface area contributed by atoms with Crippen molar-refractivity contribution >= 4 is 17.4 Å². The number of urea groups is 1. The van der Waals surface area contributed by atoms with Crippen molar-refractivity contribution in [1.82, 2.24) is 14.8 Å². The summed E-state index contributed by atoms with van der Waals surface area (Å²) in [5.41, 5.74) is 7.55. The Morgan fingerprint density at radius 3 is 2.64 bits per heavy atom. The van der Waals surface area contributed by atoms with E-state index in [0.29, 0.717) is 0 Å². The maximum Gasteiger partial charge on any atom is 0.320 e. The normalized spacial score (nSPS) is 27.6. The van der Waals surface area contributed by atoms with Crippen LogP contribution in [0.2, 0.25) is 0 Å². The lowest BCUT2D eigenvalue weighted by Gasteiger charge is -2.61. The molecule has 0 unspecified atom stereocenters. The standard InChI is InChI=1S/C28H34N4O/c1-27(2)25-16-20-14-21-15-23(19-8-7-10-29-18-19)30-24(21)17-22(20)28(27,3)9-13-32(25)26(33)31-11-5-4-6-12-31/h7-8,10,14,17-18,25H,4-6,9,11-13,15-16H2,1-3H3/t25-,28+/m1/s1. The van der Waals surface area contributed by atoms with E-state index in [0.717, 1.165) is 68.7 Å². The van der Waals surface area contributed by atoms with Crippen molar-refractivity contribution in [3.05, 3.63) is 58.9 Å². The third kappa shape index (κ3) is 3.08. The lowest BCUT2D eigenvalue weighted by atomic mass is 9.51. The van der Waals surface area contributed by atoms with Crippen molar-refractivity contribution in [3.8, 4) is 0 Å². The zero-order valence-corrected chi connectivity index (χ0v) is 20.1. The number of pyridine rings is 1. The van der Waals surface area contributed by atoms with Gasteiger partial charge in [-0.3, -0.25) is 9.98 Å². The van der Waals surface area contributed by atoms with Gasteiger partial charge >= 0.3 is 6.03 Å². The summed E-state index contributed by atoms with van der Waals surface area (Å²) in [6.45, 7) is 9.87. The molecule has 1 aromatic heterocycles. The first kappa shape index (κ1) is 20.9. The van der Waals surface area contributed by atoms with E-state index in [1.54, 1.807) is 0 Å². The fraction of sp³-hybridized carbons (Fsp3) is 0.536. The SMILES string of the molecule is CC1(C)[C@H]2Cc3cc4c(cc3[C@]1(C)CCN2C(=O)N1CCCCC1)N=C(c1cccnc1)C4. The molecular weight excluding hydrogens is 408 g/mol. The maximum atomic E-state index is 13.6. The molecule has 1 aromatic carbocycles. The molecule has 2 amide bonds. The number of rotatable bonds is 1. The fourth-order valence-electron chi connectivity index (χ4n) is 6.81. The monoisotopic (exact) mass is 442 g/mol. The Kier molecular flexibility index (Phi) is 4.69. The number of hydrogen-bond donors (Lipinski definition) is 0. The quantitative estimate of drug-likeness (QED) is 0.603. The molecule has 4 heterocycles. The first-order valence-electron chi connectivity index (χ1n) is 12.6. The van der Waals surface area contributed by atoms with E-state index in [9.17, 15) is 4.79 Å². The number of benzene rings is 1. The van der Waals surface area contributed by atoms with Crippen LogP contribution in [0.25, 0.3) is 0 Å². The predicted molar refractivity (Wildman–Crippen MR) is 131 cm³/mol. The first-order valence-corrected chi connectivity index (χ1v) is 12.6. The van der Waals surface area contributed by atoms with E-state index in [1.807, 2.05) is 18.5 Å². The van der Waals surface area contributed by atoms with Gasteiger partial charge in [-0.1, -0.05) is 32.9 Å². The molecule has 2 aromatic rings. The molecule has 2 fully saturated rings. The van der Waals surface area contributed by atoms with Gasteiger partial charge in [0.1, 0.15) is 0 Å². The second kappa shape index (κ2) is 7.41. The average Bonchev–Trinajstić information content (AvgIpc) is 3.25. The lowest BCUT2D eigenvalue weighted by molar-refractivity contribution is -0.0242. The second-order valence-corrected chi connectivity index (χ2v) is 11.2. The predicted octanol–water partition coefficient (Wildman–Crippen LogP) is 5.28. The summed E-state index contributed by atoms with van der Waals surface area (Å²) < 4.78 is 0. The summed E-state index contributed by atoms with van der Waals surface area (Å²) in [5.74, 6) is 0. The fourth-order valence-corrected chi connectivity index (χ4v) is 6.81. The van der Waals surface area contributed by atoms with Gasteiger partial charge in [-0.05, 0) is 66.3 Å². The van der Waals surface area contributed by atoms with Gasteiger partial charge in [0.15, 0.2) is 0 Å². The van der Waals surface area contributed by atoms with Gasteiger partial charge in [0.2, 0.25) is 0 Å². The highest BCUT2D eigenvalue weighted by Crippen LogP contribution is 2.57. The highest BCUT2D eigenvalue weighted by atomic mass is 16.2. The van der Waals surface area contributed by atoms with Crippen LogP contribution in [0.1, 0.15) is 68.7 Å². The van der Waals surface area contributed by atoms with E-state index in [-0.39, 0.29) is 22.9 Å². The molecule has 5 heteroatoms. The number of amides is 2. The Hall–Kier alpha value is -2.69. The number of hydrogen-bond acceptors (Lipinski definition) is 3. The van der Waals surface area contributed by atoms with E-state index < -0.39 is 0 Å². The van der Waals surface area contributed by atoms with Crippen LogP contribution in [-0.2, 0) is 18.3 Å². The summed E-state index contributed by atoms with van der Waals surface area (Å²) in [6.07, 6.45) is 10.0. The number of likely N-dealkylation sites (tertiary alicyclic amines) is 2. The van der Waals surface area contributed by atoms with Crippen LogP contribution in [0.4, 0.5) is 10.5 Å². The maximum absolute atomic E-state index is 13.6. The molecule has 0 saturated carbocycles. The van der Waals surface area contributed by atoms with Crippen molar-refractivity contribution in [3.63, 3.8) is 0 Å². The minimum atomic E-state index is 0.00638. The Labute approximate surface area is 196 Å². The molecule has 0 N–H and O–H groups in total. The minimum Gasteiger partial charge on any atom is -0.325 e. The van der Waals surface area contributed by atoms with Gasteiger partial charge in [-0.2, -0.15) is 0 Å². The molecule has 2 saturated heterocycles. The third-order valence-corrected chi connectivity index (χ3v) is 9.28. The average molecular weight is 443 g/mol. The molecule has 2 atom stereocenters. The highest BCUT2D eigenvalue weighted by Gasteiger charge is 2.57. The van der Waals surface area contributed by atoms with Crippen molar-refractivity contribution in [1.29, 1.82) is 0 Å². The number of aromatic nitrogens is 1. The van der Waals surface area contributed by atoms with Crippen LogP contribution in [0.15, 0.2) is 41.7 Å². The number of fused-ring (bicyclic) bond motifs is 5. The van der Waals surface area contributed by atoms with Crippen LogP contribution in [-0.4, -0.2) is 52.2 Å².